The van der Waals surface area contributed by atoms with Gasteiger partial charge in [0, 0.05) is 44.3 Å². The van der Waals surface area contributed by atoms with Crippen LogP contribution in [-0.4, -0.2) is 64.3 Å². The molecule has 0 atom stereocenters. The average molecular weight is 422 g/mol. The van der Waals surface area contributed by atoms with Crippen LogP contribution in [-0.2, 0) is 16.2 Å². The molecule has 0 aliphatic carbocycles. The third kappa shape index (κ3) is 4.02. The summed E-state index contributed by atoms with van der Waals surface area (Å²) < 4.78 is 16.4. The fourth-order valence-corrected chi connectivity index (χ4v) is 3.45. The van der Waals surface area contributed by atoms with E-state index in [1.807, 2.05) is 0 Å². The standard InChI is InChI=1S/C18H19FN4O7/c1-2-20-9-12(18(26)27)17(25)11-7-13(19)15(8-14(11)20)21-3-5-22(6-4-21)16(24)10-30-23(28)29/h7-9H,2-6,10H2,1H3,(H,26,27). The second-order valence-corrected chi connectivity index (χ2v) is 6.65. The van der Waals surface area contributed by atoms with Gasteiger partial charge in [-0.3, -0.25) is 9.59 Å². The van der Waals surface area contributed by atoms with Crippen LogP contribution in [0.15, 0.2) is 23.1 Å². The van der Waals surface area contributed by atoms with Crippen molar-refractivity contribution in [3.63, 3.8) is 0 Å². The Morgan fingerprint density at radius 1 is 1.27 bits per heavy atom. The monoisotopic (exact) mass is 422 g/mol. The number of fused-ring (bicyclic) bond motifs is 1. The number of anilines is 1. The highest BCUT2D eigenvalue weighted by molar-refractivity contribution is 5.93. The van der Waals surface area contributed by atoms with Crippen LogP contribution in [0.1, 0.15) is 17.3 Å². The Kier molecular flexibility index (Phi) is 5.85. The molecule has 0 bridgehead atoms. The maximum atomic E-state index is 14.8. The number of aromatic nitrogens is 1. The van der Waals surface area contributed by atoms with E-state index in [0.717, 1.165) is 6.07 Å². The normalized spacial score (nSPS) is 14.1. The first kappa shape index (κ1) is 21.0. The number of carboxylic acid groups (broad SMARTS) is 1. The summed E-state index contributed by atoms with van der Waals surface area (Å²) in [5.41, 5.74) is -0.558. The molecular weight excluding hydrogens is 403 g/mol. The van der Waals surface area contributed by atoms with E-state index < -0.39 is 40.4 Å². The number of piperazine rings is 1. The Morgan fingerprint density at radius 3 is 2.50 bits per heavy atom. The molecule has 1 aliphatic rings. The topological polar surface area (TPSA) is 135 Å². The van der Waals surface area contributed by atoms with E-state index in [2.05, 4.69) is 4.84 Å². The van der Waals surface area contributed by atoms with Crippen molar-refractivity contribution in [1.29, 1.82) is 0 Å². The summed E-state index contributed by atoms with van der Waals surface area (Å²) in [4.78, 5) is 53.0. The summed E-state index contributed by atoms with van der Waals surface area (Å²) >= 11 is 0. The van der Waals surface area contributed by atoms with Crippen LogP contribution >= 0.6 is 0 Å². The number of benzene rings is 1. The predicted octanol–water partition coefficient (Wildman–Crippen LogP) is 0.716. The van der Waals surface area contributed by atoms with Gasteiger partial charge in [-0.1, -0.05) is 0 Å². The maximum absolute atomic E-state index is 14.8. The van der Waals surface area contributed by atoms with Crippen molar-refractivity contribution in [3.05, 3.63) is 50.0 Å². The predicted molar refractivity (Wildman–Crippen MR) is 103 cm³/mol. The molecule has 0 unspecified atom stereocenters. The molecule has 160 valence electrons. The highest BCUT2D eigenvalue weighted by atomic mass is 19.1. The molecule has 0 saturated carbocycles. The number of halogens is 1. The number of aryl methyl sites for hydroxylation is 1. The van der Waals surface area contributed by atoms with Crippen LogP contribution in [0.25, 0.3) is 10.9 Å². The van der Waals surface area contributed by atoms with Gasteiger partial charge >= 0.3 is 5.97 Å². The van der Waals surface area contributed by atoms with Crippen LogP contribution in [0.5, 0.6) is 0 Å². The molecule has 30 heavy (non-hydrogen) atoms. The van der Waals surface area contributed by atoms with Gasteiger partial charge in [0.05, 0.1) is 11.2 Å². The molecule has 1 aromatic carbocycles. The summed E-state index contributed by atoms with van der Waals surface area (Å²) in [6, 6.07) is 2.53. The van der Waals surface area contributed by atoms with Gasteiger partial charge in [0.15, 0.2) is 6.61 Å². The van der Waals surface area contributed by atoms with Crippen molar-refractivity contribution >= 4 is 28.5 Å². The summed E-state index contributed by atoms with van der Waals surface area (Å²) in [5, 5.41) is 18.4. The molecule has 1 fully saturated rings. The highest BCUT2D eigenvalue weighted by Gasteiger charge is 2.25. The third-order valence-corrected chi connectivity index (χ3v) is 4.99. The molecule has 3 rings (SSSR count). The van der Waals surface area contributed by atoms with Crippen molar-refractivity contribution in [2.75, 3.05) is 37.7 Å². The number of amides is 1. The van der Waals surface area contributed by atoms with Gasteiger partial charge in [0.25, 0.3) is 5.09 Å². The Morgan fingerprint density at radius 2 is 1.93 bits per heavy atom. The zero-order valence-electron chi connectivity index (χ0n) is 16.0. The van der Waals surface area contributed by atoms with Crippen molar-refractivity contribution in [1.82, 2.24) is 9.47 Å². The molecule has 0 spiro atoms. The fourth-order valence-electron chi connectivity index (χ4n) is 3.45. The van der Waals surface area contributed by atoms with Gasteiger partial charge in [-0.15, -0.1) is 10.1 Å². The Labute approximate surface area is 169 Å². The Hall–Kier alpha value is -3.70. The van der Waals surface area contributed by atoms with E-state index in [-0.39, 0.29) is 37.3 Å². The van der Waals surface area contributed by atoms with Gasteiger partial charge in [0.2, 0.25) is 11.3 Å². The lowest BCUT2D eigenvalue weighted by atomic mass is 10.1. The first-order chi connectivity index (χ1) is 14.2. The Bertz CT molecular complexity index is 1080. The van der Waals surface area contributed by atoms with Crippen molar-refractivity contribution in [2.24, 2.45) is 0 Å². The largest absolute Gasteiger partial charge is 0.477 e. The molecule has 0 radical (unpaired) electrons. The number of carbonyl (C=O) groups excluding carboxylic acids is 1. The van der Waals surface area contributed by atoms with Crippen LogP contribution in [0.4, 0.5) is 10.1 Å². The van der Waals surface area contributed by atoms with E-state index in [1.54, 1.807) is 16.4 Å². The van der Waals surface area contributed by atoms with Gasteiger partial charge in [0.1, 0.15) is 11.4 Å². The summed E-state index contributed by atoms with van der Waals surface area (Å²) in [7, 11) is 0. The molecule has 1 saturated heterocycles. The van der Waals surface area contributed by atoms with Crippen LogP contribution in [0.2, 0.25) is 0 Å². The fraction of sp³-hybridized carbons (Fsp3) is 0.389. The first-order valence-electron chi connectivity index (χ1n) is 9.13. The number of aromatic carboxylic acids is 1. The Balaban J connectivity index is 1.87. The summed E-state index contributed by atoms with van der Waals surface area (Å²) in [6.45, 7) is 2.46. The number of carbonyl (C=O) groups is 2. The van der Waals surface area contributed by atoms with Gasteiger partial charge < -0.3 is 24.3 Å². The number of nitrogens with zero attached hydrogens (tertiary/aromatic N) is 4. The molecule has 1 aliphatic heterocycles. The lowest BCUT2D eigenvalue weighted by molar-refractivity contribution is -0.754. The number of hydrogen-bond donors (Lipinski definition) is 1. The SMILES string of the molecule is CCn1cc(C(=O)O)c(=O)c2cc(F)c(N3CCN(C(=O)CO[N+](=O)[O-])CC3)cc21. The quantitative estimate of drug-likeness (QED) is 0.531. The number of hydrogen-bond acceptors (Lipinski definition) is 7. The zero-order valence-corrected chi connectivity index (χ0v) is 16.0. The van der Waals surface area contributed by atoms with Crippen molar-refractivity contribution in [2.45, 2.75) is 13.5 Å². The van der Waals surface area contributed by atoms with E-state index in [4.69, 9.17) is 0 Å². The van der Waals surface area contributed by atoms with E-state index in [9.17, 15) is 34.0 Å². The van der Waals surface area contributed by atoms with Crippen LogP contribution < -0.4 is 10.3 Å². The minimum Gasteiger partial charge on any atom is -0.477 e. The molecule has 11 nitrogen and oxygen atoms in total. The molecule has 2 heterocycles. The maximum Gasteiger partial charge on any atom is 0.341 e. The van der Waals surface area contributed by atoms with Gasteiger partial charge in [-0.05, 0) is 19.1 Å². The number of rotatable bonds is 6. The molecule has 12 heteroatoms. The average Bonchev–Trinajstić information content (AvgIpc) is 2.72. The van der Waals surface area contributed by atoms with Crippen molar-refractivity contribution < 1.29 is 29.0 Å². The van der Waals surface area contributed by atoms with Crippen LogP contribution in [0.3, 0.4) is 0 Å². The highest BCUT2D eigenvalue weighted by Crippen LogP contribution is 2.26. The smallest absolute Gasteiger partial charge is 0.341 e. The second kappa shape index (κ2) is 8.35. The number of pyridine rings is 1. The number of carboxylic acids is 1. The van der Waals surface area contributed by atoms with E-state index in [0.29, 0.717) is 12.1 Å². The molecule has 1 N–H and O–H groups in total. The molecular formula is C18H19FN4O7. The lowest BCUT2D eigenvalue weighted by Gasteiger charge is -2.36. The lowest BCUT2D eigenvalue weighted by Crippen LogP contribution is -2.50. The summed E-state index contributed by atoms with van der Waals surface area (Å²) in [5.74, 6) is -2.59. The van der Waals surface area contributed by atoms with E-state index in [1.165, 1.54) is 17.2 Å². The molecule has 1 amide bonds. The van der Waals surface area contributed by atoms with Gasteiger partial charge in [-0.25, -0.2) is 9.18 Å². The zero-order chi connectivity index (χ0) is 22.0. The van der Waals surface area contributed by atoms with E-state index >= 15 is 0 Å². The second-order valence-electron chi connectivity index (χ2n) is 6.65. The molecule has 2 aromatic rings. The molecule has 1 aromatic heterocycles. The first-order valence-corrected chi connectivity index (χ1v) is 9.13. The summed E-state index contributed by atoms with van der Waals surface area (Å²) in [6.07, 6.45) is 1.24. The van der Waals surface area contributed by atoms with Crippen molar-refractivity contribution in [3.8, 4) is 0 Å². The van der Waals surface area contributed by atoms with Gasteiger partial charge in [-0.2, -0.15) is 0 Å². The van der Waals surface area contributed by atoms with Crippen LogP contribution in [0, 0.1) is 15.9 Å². The minimum absolute atomic E-state index is 0.0243. The minimum atomic E-state index is -1.38. The third-order valence-electron chi connectivity index (χ3n) is 4.99.